The summed E-state index contributed by atoms with van der Waals surface area (Å²) in [4.78, 5) is 14.8. The molecule has 1 N–H and O–H groups in total. The Labute approximate surface area is 159 Å². The third kappa shape index (κ3) is 4.24. The molecule has 3 rings (SSSR count). The van der Waals surface area contributed by atoms with Crippen LogP contribution < -0.4 is 5.32 Å². The van der Waals surface area contributed by atoms with E-state index in [0.29, 0.717) is 31.0 Å². The molecule has 144 valence electrons. The lowest BCUT2D eigenvalue weighted by atomic mass is 10.2. The molecule has 7 heteroatoms. The molecule has 1 aliphatic rings. The van der Waals surface area contributed by atoms with Gasteiger partial charge in [-0.1, -0.05) is 0 Å². The van der Waals surface area contributed by atoms with Gasteiger partial charge in [0.2, 0.25) is 5.91 Å². The van der Waals surface area contributed by atoms with Crippen LogP contribution in [-0.4, -0.2) is 47.2 Å². The van der Waals surface area contributed by atoms with Crippen LogP contribution in [-0.2, 0) is 16.1 Å². The maximum Gasteiger partial charge on any atom is 0.239 e. The second kappa shape index (κ2) is 7.99. The van der Waals surface area contributed by atoms with E-state index in [2.05, 4.69) is 16.3 Å². The van der Waals surface area contributed by atoms with E-state index in [1.807, 2.05) is 44.4 Å². The van der Waals surface area contributed by atoms with Crippen molar-refractivity contribution in [1.82, 2.24) is 9.47 Å². The van der Waals surface area contributed by atoms with Crippen molar-refractivity contribution in [1.29, 1.82) is 5.26 Å². The van der Waals surface area contributed by atoms with Gasteiger partial charge < -0.3 is 19.0 Å². The van der Waals surface area contributed by atoms with Crippen molar-refractivity contribution in [3.8, 4) is 6.07 Å². The first-order chi connectivity index (χ1) is 12.9. The maximum absolute atomic E-state index is 12.7. The molecular weight excluding hydrogens is 344 g/mol. The van der Waals surface area contributed by atoms with Crippen LogP contribution in [0.5, 0.6) is 0 Å². The first kappa shape index (κ1) is 19.2. The van der Waals surface area contributed by atoms with Crippen LogP contribution >= 0.6 is 0 Å². The van der Waals surface area contributed by atoms with Crippen molar-refractivity contribution in [3.05, 3.63) is 41.0 Å². The average Bonchev–Trinajstić information content (AvgIpc) is 3.17. The molecule has 2 aromatic heterocycles. The van der Waals surface area contributed by atoms with Gasteiger partial charge in [0.25, 0.3) is 0 Å². The molecule has 0 aromatic carbocycles. The quantitative estimate of drug-likeness (QED) is 0.875. The summed E-state index contributed by atoms with van der Waals surface area (Å²) in [5.74, 6) is 1.16. The number of nitriles is 1. The van der Waals surface area contributed by atoms with Crippen LogP contribution in [0.2, 0.25) is 0 Å². The van der Waals surface area contributed by atoms with E-state index in [-0.39, 0.29) is 24.7 Å². The summed E-state index contributed by atoms with van der Waals surface area (Å²) in [6.07, 6.45) is 1.82. The molecule has 1 saturated heterocycles. The van der Waals surface area contributed by atoms with Gasteiger partial charge >= 0.3 is 0 Å². The van der Waals surface area contributed by atoms with E-state index in [4.69, 9.17) is 9.15 Å². The standard InChI is InChI=1S/C20H26N4O3/c1-13-9-23(10-14(2)27-13)12-19(25)22-20-18(8-21)15(3)16(4)24(20)11-17-6-5-7-26-17/h5-7,13-14H,9-12H2,1-4H3,(H,22,25)/t13-,14+. The van der Waals surface area contributed by atoms with Gasteiger partial charge in [-0.05, 0) is 45.4 Å². The minimum atomic E-state index is -0.133. The second-order valence-corrected chi connectivity index (χ2v) is 7.21. The van der Waals surface area contributed by atoms with Crippen LogP contribution in [0.3, 0.4) is 0 Å². The lowest BCUT2D eigenvalue weighted by Crippen LogP contribution is -2.48. The maximum atomic E-state index is 12.7. The fraction of sp³-hybridized carbons (Fsp3) is 0.500. The molecule has 1 amide bonds. The second-order valence-electron chi connectivity index (χ2n) is 7.21. The molecule has 0 spiro atoms. The summed E-state index contributed by atoms with van der Waals surface area (Å²) in [6.45, 7) is 10.0. The fourth-order valence-electron chi connectivity index (χ4n) is 3.67. The summed E-state index contributed by atoms with van der Waals surface area (Å²) < 4.78 is 13.1. The van der Waals surface area contributed by atoms with Gasteiger partial charge in [0.15, 0.2) is 0 Å². The van der Waals surface area contributed by atoms with Gasteiger partial charge in [-0.25, -0.2) is 0 Å². The smallest absolute Gasteiger partial charge is 0.239 e. The lowest BCUT2D eigenvalue weighted by Gasteiger charge is -2.34. The monoisotopic (exact) mass is 370 g/mol. The zero-order valence-corrected chi connectivity index (χ0v) is 16.3. The van der Waals surface area contributed by atoms with Crippen molar-refractivity contribution < 1.29 is 13.9 Å². The number of hydrogen-bond acceptors (Lipinski definition) is 5. The van der Waals surface area contributed by atoms with E-state index in [0.717, 1.165) is 17.0 Å². The van der Waals surface area contributed by atoms with E-state index in [9.17, 15) is 10.1 Å². The number of nitrogens with zero attached hydrogens (tertiary/aromatic N) is 3. The molecule has 1 fully saturated rings. The normalized spacial score (nSPS) is 20.4. The largest absolute Gasteiger partial charge is 0.467 e. The van der Waals surface area contributed by atoms with E-state index in [1.54, 1.807) is 6.26 Å². The van der Waals surface area contributed by atoms with E-state index < -0.39 is 0 Å². The number of rotatable bonds is 5. The topological polar surface area (TPSA) is 83.4 Å². The molecule has 2 aromatic rings. The van der Waals surface area contributed by atoms with Crippen molar-refractivity contribution in [2.45, 2.75) is 46.4 Å². The Kier molecular flexibility index (Phi) is 5.68. The Morgan fingerprint density at radius 1 is 1.33 bits per heavy atom. The number of nitrogens with one attached hydrogen (secondary N) is 1. The zero-order chi connectivity index (χ0) is 19.6. The zero-order valence-electron chi connectivity index (χ0n) is 16.3. The Hall–Kier alpha value is -2.56. The number of aromatic nitrogens is 1. The SMILES string of the molecule is Cc1c(C#N)c(NC(=O)CN2C[C@@H](C)O[C@@H](C)C2)n(Cc2ccco2)c1C. The average molecular weight is 370 g/mol. The van der Waals surface area contributed by atoms with Crippen molar-refractivity contribution >= 4 is 11.7 Å². The molecule has 1 aliphatic heterocycles. The van der Waals surface area contributed by atoms with Gasteiger partial charge in [-0.15, -0.1) is 0 Å². The van der Waals surface area contributed by atoms with Crippen LogP contribution in [0.15, 0.2) is 22.8 Å². The predicted octanol–water partition coefficient (Wildman–Crippen LogP) is 2.67. The highest BCUT2D eigenvalue weighted by Gasteiger charge is 2.25. The Morgan fingerprint density at radius 2 is 2.04 bits per heavy atom. The van der Waals surface area contributed by atoms with Crippen molar-refractivity contribution in [2.75, 3.05) is 25.0 Å². The van der Waals surface area contributed by atoms with Gasteiger partial charge in [0, 0.05) is 18.8 Å². The molecule has 0 bridgehead atoms. The van der Waals surface area contributed by atoms with Crippen LogP contribution in [0.25, 0.3) is 0 Å². The molecule has 27 heavy (non-hydrogen) atoms. The van der Waals surface area contributed by atoms with E-state index >= 15 is 0 Å². The predicted molar refractivity (Wildman–Crippen MR) is 102 cm³/mol. The third-order valence-electron chi connectivity index (χ3n) is 4.96. The highest BCUT2D eigenvalue weighted by atomic mass is 16.5. The highest BCUT2D eigenvalue weighted by Crippen LogP contribution is 2.27. The fourth-order valence-corrected chi connectivity index (χ4v) is 3.67. The summed E-state index contributed by atoms with van der Waals surface area (Å²) in [5.41, 5.74) is 2.30. The molecule has 2 atom stereocenters. The molecule has 0 aliphatic carbocycles. The van der Waals surface area contributed by atoms with Crippen LogP contribution in [0.1, 0.15) is 36.4 Å². The van der Waals surface area contributed by atoms with Crippen LogP contribution in [0.4, 0.5) is 5.82 Å². The van der Waals surface area contributed by atoms with Gasteiger partial charge in [-0.3, -0.25) is 9.69 Å². The number of hydrogen-bond donors (Lipinski definition) is 1. The summed E-state index contributed by atoms with van der Waals surface area (Å²) in [6, 6.07) is 5.93. The van der Waals surface area contributed by atoms with Gasteiger partial charge in [0.1, 0.15) is 17.6 Å². The molecular formula is C20H26N4O3. The molecule has 0 saturated carbocycles. The number of carbonyl (C=O) groups excluding carboxylic acids is 1. The number of amides is 1. The Balaban J connectivity index is 1.79. The number of ether oxygens (including phenoxy) is 1. The van der Waals surface area contributed by atoms with Gasteiger partial charge in [0.05, 0.1) is 37.1 Å². The molecule has 0 radical (unpaired) electrons. The molecule has 7 nitrogen and oxygen atoms in total. The first-order valence-electron chi connectivity index (χ1n) is 9.18. The van der Waals surface area contributed by atoms with Gasteiger partial charge in [-0.2, -0.15) is 5.26 Å². The minimum Gasteiger partial charge on any atom is -0.467 e. The highest BCUT2D eigenvalue weighted by molar-refractivity contribution is 5.93. The Bertz CT molecular complexity index is 838. The molecule has 0 unspecified atom stereocenters. The third-order valence-corrected chi connectivity index (χ3v) is 4.96. The summed E-state index contributed by atoms with van der Waals surface area (Å²) in [7, 11) is 0. The first-order valence-corrected chi connectivity index (χ1v) is 9.18. The van der Waals surface area contributed by atoms with E-state index in [1.165, 1.54) is 0 Å². The molecule has 3 heterocycles. The summed E-state index contributed by atoms with van der Waals surface area (Å²) >= 11 is 0. The Morgan fingerprint density at radius 3 is 2.63 bits per heavy atom. The lowest BCUT2D eigenvalue weighted by molar-refractivity contribution is -0.121. The number of morpholine rings is 1. The van der Waals surface area contributed by atoms with Crippen LogP contribution in [0, 0.1) is 25.2 Å². The van der Waals surface area contributed by atoms with Crippen molar-refractivity contribution in [2.24, 2.45) is 0 Å². The minimum absolute atomic E-state index is 0.100. The number of anilines is 1. The summed E-state index contributed by atoms with van der Waals surface area (Å²) in [5, 5.41) is 12.6. The number of carbonyl (C=O) groups is 1. The van der Waals surface area contributed by atoms with Crippen molar-refractivity contribution in [3.63, 3.8) is 0 Å². The number of furan rings is 1.